The lowest BCUT2D eigenvalue weighted by atomic mass is 10.0. The number of nitrogens with one attached hydrogen (secondary N) is 1. The van der Waals surface area contributed by atoms with Crippen LogP contribution in [0.4, 0.5) is 13.2 Å². The Balaban J connectivity index is 2.30. The van der Waals surface area contributed by atoms with Crippen LogP contribution in [-0.4, -0.2) is 16.6 Å². The lowest BCUT2D eigenvalue weighted by Gasteiger charge is -2.19. The number of hydrogen-bond acceptors (Lipinski definition) is 3. The second-order valence-electron chi connectivity index (χ2n) is 4.52. The summed E-state index contributed by atoms with van der Waals surface area (Å²) in [7, 11) is 1.63. The molecule has 0 saturated carbocycles. The normalized spacial score (nSPS) is 13.1. The van der Waals surface area contributed by atoms with Crippen molar-refractivity contribution in [2.45, 2.75) is 18.8 Å². The highest BCUT2D eigenvalue weighted by Gasteiger charge is 2.30. The van der Waals surface area contributed by atoms with Gasteiger partial charge in [0, 0.05) is 18.9 Å². The van der Waals surface area contributed by atoms with Crippen molar-refractivity contribution in [2.24, 2.45) is 0 Å². The maximum absolute atomic E-state index is 12.7. The van der Waals surface area contributed by atoms with Gasteiger partial charge in [0.15, 0.2) is 0 Å². The van der Waals surface area contributed by atoms with Gasteiger partial charge in [-0.25, -0.2) is 9.78 Å². The van der Waals surface area contributed by atoms with E-state index in [2.05, 4.69) is 10.3 Å². The van der Waals surface area contributed by atoms with Crippen molar-refractivity contribution in [3.8, 4) is 0 Å². The van der Waals surface area contributed by atoms with Crippen molar-refractivity contribution < 1.29 is 13.2 Å². The molecule has 2 rings (SSSR count). The molecule has 0 fully saturated rings. The molecule has 21 heavy (non-hydrogen) atoms. The monoisotopic (exact) mass is 297 g/mol. The summed E-state index contributed by atoms with van der Waals surface area (Å²) in [6.45, 7) is 0.199. The Morgan fingerprint density at radius 2 is 2.10 bits per heavy atom. The van der Waals surface area contributed by atoms with E-state index in [0.717, 1.165) is 12.1 Å². The highest BCUT2D eigenvalue weighted by molar-refractivity contribution is 5.28. The van der Waals surface area contributed by atoms with E-state index < -0.39 is 23.5 Å². The first-order chi connectivity index (χ1) is 9.91. The van der Waals surface area contributed by atoms with Crippen molar-refractivity contribution in [1.29, 1.82) is 0 Å². The molecule has 112 valence electrons. The zero-order valence-corrected chi connectivity index (χ0v) is 11.3. The zero-order chi connectivity index (χ0) is 15.5. The number of halogens is 3. The number of benzene rings is 1. The van der Waals surface area contributed by atoms with Gasteiger partial charge in [0.25, 0.3) is 0 Å². The summed E-state index contributed by atoms with van der Waals surface area (Å²) in [5.41, 5.74) is -0.688. The van der Waals surface area contributed by atoms with Crippen LogP contribution >= 0.6 is 0 Å². The molecule has 1 aromatic carbocycles. The molecule has 0 spiro atoms. The maximum Gasteiger partial charge on any atom is 0.416 e. The van der Waals surface area contributed by atoms with Crippen LogP contribution in [0.3, 0.4) is 0 Å². The summed E-state index contributed by atoms with van der Waals surface area (Å²) in [5, 5.41) is 2.92. The number of likely N-dealkylation sites (N-methyl/N-ethyl adjacent to an activating group) is 1. The molecular formula is C14H14F3N3O. The van der Waals surface area contributed by atoms with Crippen LogP contribution in [0.2, 0.25) is 0 Å². The predicted molar refractivity (Wildman–Crippen MR) is 71.7 cm³/mol. The molecule has 7 heteroatoms. The fourth-order valence-corrected chi connectivity index (χ4v) is 2.02. The van der Waals surface area contributed by atoms with Crippen LogP contribution in [0.1, 0.15) is 17.2 Å². The van der Waals surface area contributed by atoms with Gasteiger partial charge in [0.05, 0.1) is 11.6 Å². The smallest absolute Gasteiger partial charge is 0.312 e. The molecular weight excluding hydrogens is 283 g/mol. The van der Waals surface area contributed by atoms with Crippen molar-refractivity contribution in [3.63, 3.8) is 0 Å². The van der Waals surface area contributed by atoms with E-state index in [0.29, 0.717) is 5.56 Å². The van der Waals surface area contributed by atoms with Crippen molar-refractivity contribution >= 4 is 0 Å². The van der Waals surface area contributed by atoms with Gasteiger partial charge in [-0.3, -0.25) is 4.57 Å². The first kappa shape index (κ1) is 15.2. The van der Waals surface area contributed by atoms with E-state index in [9.17, 15) is 18.0 Å². The number of hydrogen-bond donors (Lipinski definition) is 1. The van der Waals surface area contributed by atoms with Crippen LogP contribution in [-0.2, 0) is 12.7 Å². The summed E-state index contributed by atoms with van der Waals surface area (Å²) in [6.07, 6.45) is -1.47. The maximum atomic E-state index is 12.7. The van der Waals surface area contributed by atoms with Gasteiger partial charge >= 0.3 is 11.9 Å². The van der Waals surface area contributed by atoms with E-state index >= 15 is 0 Å². The molecule has 1 N–H and O–H groups in total. The Morgan fingerprint density at radius 3 is 2.71 bits per heavy atom. The summed E-state index contributed by atoms with van der Waals surface area (Å²) < 4.78 is 39.6. The van der Waals surface area contributed by atoms with E-state index in [1.54, 1.807) is 25.4 Å². The van der Waals surface area contributed by atoms with Crippen LogP contribution in [0.15, 0.2) is 47.5 Å². The molecule has 1 unspecified atom stereocenters. The quantitative estimate of drug-likeness (QED) is 0.941. The van der Waals surface area contributed by atoms with Crippen molar-refractivity contribution in [2.75, 3.05) is 7.05 Å². The minimum Gasteiger partial charge on any atom is -0.312 e. The Labute approximate surface area is 119 Å². The van der Waals surface area contributed by atoms with Crippen LogP contribution in [0.25, 0.3) is 0 Å². The molecule has 1 aromatic heterocycles. The number of rotatable bonds is 4. The first-order valence-corrected chi connectivity index (χ1v) is 6.27. The molecule has 0 bridgehead atoms. The number of nitrogens with zero attached hydrogens (tertiary/aromatic N) is 2. The minimum atomic E-state index is -4.39. The molecule has 1 atom stereocenters. The second kappa shape index (κ2) is 6.09. The molecule has 0 amide bonds. The van der Waals surface area contributed by atoms with Crippen molar-refractivity contribution in [1.82, 2.24) is 14.9 Å². The third-order valence-corrected chi connectivity index (χ3v) is 3.13. The molecule has 1 heterocycles. The van der Waals surface area contributed by atoms with Gasteiger partial charge in [-0.15, -0.1) is 0 Å². The average molecular weight is 297 g/mol. The molecule has 2 aromatic rings. The summed E-state index contributed by atoms with van der Waals surface area (Å²) >= 11 is 0. The first-order valence-electron chi connectivity index (χ1n) is 6.27. The summed E-state index contributed by atoms with van der Waals surface area (Å²) in [5.74, 6) is 0. The highest BCUT2D eigenvalue weighted by atomic mass is 19.4. The Kier molecular flexibility index (Phi) is 4.42. The van der Waals surface area contributed by atoms with Gasteiger partial charge in [-0.05, 0) is 30.8 Å². The fourth-order valence-electron chi connectivity index (χ4n) is 2.02. The fraction of sp³-hybridized carbons (Fsp3) is 0.286. The van der Waals surface area contributed by atoms with E-state index in [4.69, 9.17) is 0 Å². The van der Waals surface area contributed by atoms with Gasteiger partial charge in [-0.2, -0.15) is 13.2 Å². The van der Waals surface area contributed by atoms with Gasteiger partial charge < -0.3 is 5.32 Å². The van der Waals surface area contributed by atoms with Gasteiger partial charge in [-0.1, -0.05) is 12.1 Å². The lowest BCUT2D eigenvalue weighted by molar-refractivity contribution is -0.137. The highest BCUT2D eigenvalue weighted by Crippen LogP contribution is 2.30. The predicted octanol–water partition coefficient (Wildman–Crippen LogP) is 2.22. The molecule has 4 nitrogen and oxygen atoms in total. The van der Waals surface area contributed by atoms with Gasteiger partial charge in [0.2, 0.25) is 0 Å². The van der Waals surface area contributed by atoms with Crippen LogP contribution in [0, 0.1) is 0 Å². The lowest BCUT2D eigenvalue weighted by Crippen LogP contribution is -2.29. The number of aromatic nitrogens is 2. The molecule has 0 aliphatic heterocycles. The van der Waals surface area contributed by atoms with Crippen LogP contribution in [0.5, 0.6) is 0 Å². The largest absolute Gasteiger partial charge is 0.416 e. The molecule has 0 saturated heterocycles. The Bertz CT molecular complexity index is 667. The van der Waals surface area contributed by atoms with E-state index in [-0.39, 0.29) is 6.54 Å². The van der Waals surface area contributed by atoms with Crippen molar-refractivity contribution in [3.05, 3.63) is 64.3 Å². The third-order valence-electron chi connectivity index (χ3n) is 3.13. The van der Waals surface area contributed by atoms with E-state index in [1.165, 1.54) is 16.8 Å². The van der Waals surface area contributed by atoms with E-state index in [1.807, 2.05) is 0 Å². The average Bonchev–Trinajstić information content (AvgIpc) is 2.46. The summed E-state index contributed by atoms with van der Waals surface area (Å²) in [6, 6.07) is 6.23. The topological polar surface area (TPSA) is 46.9 Å². The standard InChI is InChI=1S/C14H14F3N3O/c1-18-12(9-20-7-3-6-19-13(20)21)10-4-2-5-11(8-10)14(15,16)17/h2-8,12,18H,9H2,1H3. The summed E-state index contributed by atoms with van der Waals surface area (Å²) in [4.78, 5) is 15.2. The Hall–Kier alpha value is -2.15. The van der Waals surface area contributed by atoms with Gasteiger partial charge in [0.1, 0.15) is 0 Å². The molecule has 0 aliphatic rings. The Morgan fingerprint density at radius 1 is 1.33 bits per heavy atom. The SMILES string of the molecule is CNC(Cn1cccnc1=O)c1cccc(C(F)(F)F)c1. The zero-order valence-electron chi connectivity index (χ0n) is 11.3. The number of alkyl halides is 3. The molecule has 0 radical (unpaired) electrons. The van der Waals surface area contributed by atoms with Crippen LogP contribution < -0.4 is 11.0 Å². The molecule has 0 aliphatic carbocycles. The second-order valence-corrected chi connectivity index (χ2v) is 4.52. The third kappa shape index (κ3) is 3.69. The minimum absolute atomic E-state index is 0.199.